The molecule has 4 aromatic rings. The number of rotatable bonds is 5. The van der Waals surface area contributed by atoms with E-state index in [4.69, 9.17) is 4.42 Å². The van der Waals surface area contributed by atoms with Crippen molar-refractivity contribution < 1.29 is 22.4 Å². The Morgan fingerprint density at radius 2 is 1.66 bits per heavy atom. The molecule has 1 aromatic heterocycles. The number of nitrogens with one attached hydrogen (secondary N) is 1. The normalized spacial score (nSPS) is 15.2. The van der Waals surface area contributed by atoms with Gasteiger partial charge >= 0.3 is 0 Å². The third-order valence-corrected chi connectivity index (χ3v) is 7.91. The summed E-state index contributed by atoms with van der Waals surface area (Å²) in [5.41, 5.74) is 4.07. The van der Waals surface area contributed by atoms with Gasteiger partial charge < -0.3 is 14.2 Å². The standard InChI is InChI=1S/C29H27N3O5S/c1-19-9-12-25(13-10-19)38(35,36)30-24-7-4-6-22(16-24)23-11-14-26-27(17-23)31(18-20(2)32(26)21(3)33)29(34)28-8-5-15-37-28/h4-17,20,30H,18H2,1-3H3. The van der Waals surface area contributed by atoms with Gasteiger partial charge in [-0.1, -0.05) is 35.9 Å². The number of amides is 2. The van der Waals surface area contributed by atoms with E-state index in [1.54, 1.807) is 64.4 Å². The van der Waals surface area contributed by atoms with Crippen LogP contribution >= 0.6 is 0 Å². The first-order valence-corrected chi connectivity index (χ1v) is 13.6. The van der Waals surface area contributed by atoms with E-state index in [2.05, 4.69) is 4.72 Å². The lowest BCUT2D eigenvalue weighted by Crippen LogP contribution is -2.51. The van der Waals surface area contributed by atoms with Crippen molar-refractivity contribution in [2.75, 3.05) is 21.1 Å². The first-order chi connectivity index (χ1) is 18.1. The van der Waals surface area contributed by atoms with E-state index in [0.717, 1.165) is 16.7 Å². The second-order valence-corrected chi connectivity index (χ2v) is 11.0. The van der Waals surface area contributed by atoms with Crippen molar-refractivity contribution in [1.29, 1.82) is 0 Å². The summed E-state index contributed by atoms with van der Waals surface area (Å²) in [6.07, 6.45) is 1.45. The molecule has 8 nitrogen and oxygen atoms in total. The molecule has 1 unspecified atom stereocenters. The van der Waals surface area contributed by atoms with Gasteiger partial charge in [0.15, 0.2) is 5.76 Å². The quantitative estimate of drug-likeness (QED) is 0.370. The number of carbonyl (C=O) groups excluding carboxylic acids is 2. The number of benzene rings is 3. The molecule has 0 radical (unpaired) electrons. The summed E-state index contributed by atoms with van der Waals surface area (Å²) in [5.74, 6) is -0.218. The molecule has 0 saturated carbocycles. The smallest absolute Gasteiger partial charge is 0.294 e. The van der Waals surface area contributed by atoms with Crippen LogP contribution in [0.2, 0.25) is 0 Å². The number of anilines is 3. The van der Waals surface area contributed by atoms with Gasteiger partial charge in [-0.3, -0.25) is 14.3 Å². The summed E-state index contributed by atoms with van der Waals surface area (Å²) >= 11 is 0. The third kappa shape index (κ3) is 4.80. The fraction of sp³-hybridized carbons (Fsp3) is 0.172. The van der Waals surface area contributed by atoms with Gasteiger partial charge in [-0.2, -0.15) is 0 Å². The van der Waals surface area contributed by atoms with Crippen molar-refractivity contribution in [2.45, 2.75) is 31.7 Å². The van der Waals surface area contributed by atoms with Crippen LogP contribution in [0.1, 0.15) is 30.0 Å². The van der Waals surface area contributed by atoms with Gasteiger partial charge in [-0.25, -0.2) is 8.42 Å². The van der Waals surface area contributed by atoms with Gasteiger partial charge in [0.1, 0.15) is 0 Å². The Morgan fingerprint density at radius 1 is 0.921 bits per heavy atom. The predicted octanol–water partition coefficient (Wildman–Crippen LogP) is 5.46. The Balaban J connectivity index is 1.52. The zero-order chi connectivity index (χ0) is 27.0. The minimum Gasteiger partial charge on any atom is -0.459 e. The van der Waals surface area contributed by atoms with Crippen molar-refractivity contribution in [1.82, 2.24) is 0 Å². The third-order valence-electron chi connectivity index (χ3n) is 6.51. The highest BCUT2D eigenvalue weighted by Gasteiger charge is 2.35. The second-order valence-electron chi connectivity index (χ2n) is 9.33. The van der Waals surface area contributed by atoms with E-state index >= 15 is 0 Å². The van der Waals surface area contributed by atoms with Crippen LogP contribution in [0.4, 0.5) is 17.1 Å². The molecule has 0 saturated heterocycles. The van der Waals surface area contributed by atoms with E-state index in [0.29, 0.717) is 23.6 Å². The Morgan fingerprint density at radius 3 is 2.34 bits per heavy atom. The lowest BCUT2D eigenvalue weighted by molar-refractivity contribution is -0.117. The van der Waals surface area contributed by atoms with Gasteiger partial charge in [-0.15, -0.1) is 0 Å². The van der Waals surface area contributed by atoms with E-state index in [1.807, 2.05) is 38.1 Å². The Bertz CT molecular complexity index is 1610. The zero-order valence-electron chi connectivity index (χ0n) is 21.2. The number of furan rings is 1. The Hall–Kier alpha value is -4.37. The van der Waals surface area contributed by atoms with Gasteiger partial charge in [0.2, 0.25) is 5.91 Å². The molecule has 1 aliphatic rings. The van der Waals surface area contributed by atoms with Gasteiger partial charge in [0, 0.05) is 19.2 Å². The zero-order valence-corrected chi connectivity index (χ0v) is 22.0. The number of carbonyl (C=O) groups is 2. The molecule has 194 valence electrons. The number of sulfonamides is 1. The monoisotopic (exact) mass is 529 g/mol. The summed E-state index contributed by atoms with van der Waals surface area (Å²) in [5, 5.41) is 0. The Labute approximate surface area is 221 Å². The number of hydrogen-bond acceptors (Lipinski definition) is 5. The molecule has 2 heterocycles. The Kier molecular flexibility index (Phi) is 6.54. The van der Waals surface area contributed by atoms with E-state index in [9.17, 15) is 18.0 Å². The summed E-state index contributed by atoms with van der Waals surface area (Å²) in [4.78, 5) is 29.3. The van der Waals surface area contributed by atoms with Crippen LogP contribution in [-0.4, -0.2) is 32.8 Å². The summed E-state index contributed by atoms with van der Waals surface area (Å²) in [7, 11) is -3.77. The molecule has 1 N–H and O–H groups in total. The molecule has 0 spiro atoms. The maximum absolute atomic E-state index is 13.3. The molecule has 5 rings (SSSR count). The molecule has 3 aromatic carbocycles. The van der Waals surface area contributed by atoms with Crippen LogP contribution in [0.3, 0.4) is 0 Å². The topological polar surface area (TPSA) is 99.9 Å². The van der Waals surface area contributed by atoms with Crippen LogP contribution in [0, 0.1) is 6.92 Å². The van der Waals surface area contributed by atoms with E-state index < -0.39 is 10.0 Å². The van der Waals surface area contributed by atoms with E-state index in [-0.39, 0.29) is 28.5 Å². The van der Waals surface area contributed by atoms with Gasteiger partial charge in [-0.05, 0) is 73.5 Å². The predicted molar refractivity (Wildman–Crippen MR) is 147 cm³/mol. The second kappa shape index (κ2) is 9.83. The molecular weight excluding hydrogens is 502 g/mol. The van der Waals surface area contributed by atoms with Crippen LogP contribution in [0.25, 0.3) is 11.1 Å². The van der Waals surface area contributed by atoms with Crippen molar-refractivity contribution in [3.05, 3.63) is 96.4 Å². The molecule has 9 heteroatoms. The molecule has 1 aliphatic heterocycles. The van der Waals surface area contributed by atoms with Crippen molar-refractivity contribution in [3.8, 4) is 11.1 Å². The highest BCUT2D eigenvalue weighted by Crippen LogP contribution is 2.40. The first-order valence-electron chi connectivity index (χ1n) is 12.1. The van der Waals surface area contributed by atoms with Gasteiger partial charge in [0.05, 0.1) is 28.6 Å². The van der Waals surface area contributed by atoms with E-state index in [1.165, 1.54) is 13.2 Å². The van der Waals surface area contributed by atoms with Crippen molar-refractivity contribution >= 4 is 38.9 Å². The molecule has 2 amide bonds. The van der Waals surface area contributed by atoms with Crippen molar-refractivity contribution in [2.24, 2.45) is 0 Å². The highest BCUT2D eigenvalue weighted by atomic mass is 32.2. The fourth-order valence-electron chi connectivity index (χ4n) is 4.70. The molecule has 38 heavy (non-hydrogen) atoms. The summed E-state index contributed by atoms with van der Waals surface area (Å²) < 4.78 is 33.8. The van der Waals surface area contributed by atoms with Crippen LogP contribution < -0.4 is 14.5 Å². The average molecular weight is 530 g/mol. The minimum atomic E-state index is -3.77. The number of hydrogen-bond donors (Lipinski definition) is 1. The summed E-state index contributed by atoms with van der Waals surface area (Å²) in [6.45, 7) is 5.59. The average Bonchev–Trinajstić information content (AvgIpc) is 3.42. The number of aryl methyl sites for hydroxylation is 1. The fourth-order valence-corrected chi connectivity index (χ4v) is 5.75. The van der Waals surface area contributed by atoms with Crippen LogP contribution in [0.15, 0.2) is 94.4 Å². The first kappa shape index (κ1) is 25.3. The lowest BCUT2D eigenvalue weighted by atomic mass is 10.00. The van der Waals surface area contributed by atoms with Crippen LogP contribution in [0.5, 0.6) is 0 Å². The van der Waals surface area contributed by atoms with Crippen LogP contribution in [-0.2, 0) is 14.8 Å². The molecular formula is C29H27N3O5S. The minimum absolute atomic E-state index is 0.121. The largest absolute Gasteiger partial charge is 0.459 e. The SMILES string of the molecule is CC(=O)N1c2ccc(-c3cccc(NS(=O)(=O)c4ccc(C)cc4)c3)cc2N(C(=O)c2ccco2)CC1C. The maximum atomic E-state index is 13.3. The molecule has 1 atom stereocenters. The molecule has 0 bridgehead atoms. The summed E-state index contributed by atoms with van der Waals surface area (Å²) in [6, 6.07) is 22.2. The molecule has 0 fully saturated rings. The number of fused-ring (bicyclic) bond motifs is 1. The highest BCUT2D eigenvalue weighted by molar-refractivity contribution is 7.92. The van der Waals surface area contributed by atoms with Gasteiger partial charge in [0.25, 0.3) is 15.9 Å². The van der Waals surface area contributed by atoms with Crippen molar-refractivity contribution in [3.63, 3.8) is 0 Å². The maximum Gasteiger partial charge on any atom is 0.294 e. The molecule has 0 aliphatic carbocycles. The number of nitrogens with zero attached hydrogens (tertiary/aromatic N) is 2. The lowest BCUT2D eigenvalue weighted by Gasteiger charge is -2.40.